The molecule has 2 N–H and O–H groups in total. The molecule has 2 aromatic carbocycles. The van der Waals surface area contributed by atoms with Crippen molar-refractivity contribution in [2.24, 2.45) is 0 Å². The van der Waals surface area contributed by atoms with Crippen LogP contribution in [0.1, 0.15) is 58.6 Å². The topological polar surface area (TPSA) is 113 Å². The zero-order valence-corrected chi connectivity index (χ0v) is 29.4. The number of benzene rings is 2. The summed E-state index contributed by atoms with van der Waals surface area (Å²) >= 11 is 0. The smallest absolute Gasteiger partial charge is 0.276 e. The highest BCUT2D eigenvalue weighted by Gasteiger charge is 2.29. The summed E-state index contributed by atoms with van der Waals surface area (Å²) in [7, 11) is 3.84. The quantitative estimate of drug-likeness (QED) is 0.180. The maximum atomic E-state index is 14.2. The molecule has 7 rings (SSSR count). The number of aromatic nitrogens is 5. The second-order valence-corrected chi connectivity index (χ2v) is 13.0. The van der Waals surface area contributed by atoms with Crippen LogP contribution in [-0.2, 0) is 32.2 Å². The van der Waals surface area contributed by atoms with Crippen LogP contribution in [0.5, 0.6) is 5.75 Å². The van der Waals surface area contributed by atoms with E-state index in [9.17, 15) is 4.79 Å². The number of fused-ring (bicyclic) bond motifs is 3. The molecule has 2 aliphatic rings. The molecule has 1 aliphatic heterocycles. The van der Waals surface area contributed by atoms with Crippen molar-refractivity contribution < 1.29 is 9.53 Å². The molecule has 4 heterocycles. The Bertz CT molecular complexity index is 1960. The van der Waals surface area contributed by atoms with Crippen LogP contribution in [0.3, 0.4) is 0 Å². The number of pyridine rings is 1. The van der Waals surface area contributed by atoms with Crippen molar-refractivity contribution in [3.8, 4) is 17.1 Å². The highest BCUT2D eigenvalue weighted by Crippen LogP contribution is 2.37. The Morgan fingerprint density at radius 1 is 0.960 bits per heavy atom. The molecule has 0 saturated carbocycles. The van der Waals surface area contributed by atoms with Crippen LogP contribution >= 0.6 is 0 Å². The Kier molecular flexibility index (Phi) is 9.75. The van der Waals surface area contributed by atoms with Crippen LogP contribution in [-0.4, -0.2) is 75.9 Å². The molecule has 5 aromatic rings. The maximum absolute atomic E-state index is 14.2. The van der Waals surface area contributed by atoms with Crippen molar-refractivity contribution in [1.82, 2.24) is 29.6 Å². The molecule has 11 heteroatoms. The average molecular weight is 672 g/mol. The largest absolute Gasteiger partial charge is 0.494 e. The van der Waals surface area contributed by atoms with Crippen LogP contribution in [0.4, 0.5) is 23.0 Å². The zero-order chi connectivity index (χ0) is 34.6. The second-order valence-electron chi connectivity index (χ2n) is 13.0. The summed E-state index contributed by atoms with van der Waals surface area (Å²) in [5, 5.41) is 11.7. The molecule has 258 valence electrons. The van der Waals surface area contributed by atoms with E-state index in [0.717, 1.165) is 114 Å². The second kappa shape index (κ2) is 14.7. The number of hydrogen-bond donors (Lipinski definition) is 2. The number of amides is 1. The van der Waals surface area contributed by atoms with Gasteiger partial charge in [-0.3, -0.25) is 14.5 Å². The first-order chi connectivity index (χ1) is 24.4. The molecule has 0 unspecified atom stereocenters. The van der Waals surface area contributed by atoms with Gasteiger partial charge in [0.1, 0.15) is 5.75 Å². The number of methoxy groups -OCH3 is 1. The molecule has 0 atom stereocenters. The number of ether oxygens (including phenoxy) is 1. The van der Waals surface area contributed by atoms with Gasteiger partial charge in [0, 0.05) is 67.8 Å². The van der Waals surface area contributed by atoms with Gasteiger partial charge >= 0.3 is 0 Å². The minimum atomic E-state index is -0.202. The van der Waals surface area contributed by atoms with E-state index in [0.29, 0.717) is 24.6 Å². The summed E-state index contributed by atoms with van der Waals surface area (Å²) in [6.07, 6.45) is 9.44. The lowest BCUT2D eigenvalue weighted by atomic mass is 10.0. The molecule has 3 aromatic heterocycles. The number of carbonyl (C=O) groups is 1. The molecule has 0 radical (unpaired) electrons. The van der Waals surface area contributed by atoms with Crippen molar-refractivity contribution in [2.75, 3.05) is 55.9 Å². The number of nitrogens with zero attached hydrogens (tertiary/aromatic N) is 7. The average Bonchev–Trinajstić information content (AvgIpc) is 3.39. The van der Waals surface area contributed by atoms with Crippen molar-refractivity contribution >= 4 is 28.9 Å². The fourth-order valence-corrected chi connectivity index (χ4v) is 7.01. The molecule has 0 spiro atoms. The molecule has 1 amide bonds. The van der Waals surface area contributed by atoms with Gasteiger partial charge in [-0.25, -0.2) is 9.97 Å². The number of anilines is 4. The minimum Gasteiger partial charge on any atom is -0.494 e. The van der Waals surface area contributed by atoms with Crippen LogP contribution in [0.15, 0.2) is 67.1 Å². The first kappa shape index (κ1) is 33.2. The van der Waals surface area contributed by atoms with E-state index in [1.54, 1.807) is 19.5 Å². The molecule has 50 heavy (non-hydrogen) atoms. The monoisotopic (exact) mass is 671 g/mol. The third-order valence-corrected chi connectivity index (χ3v) is 9.85. The van der Waals surface area contributed by atoms with Gasteiger partial charge in [-0.1, -0.05) is 32.0 Å². The standard InChI is InChI=1S/C39H45N9O2/c1-5-27-9-7-10-28(6-2)34(27)43-38(49)36-31-12-8-11-29-24-41-39(44-35(29)37(31)48(45-36)25-26-15-17-40-18-16-26)42-32-14-13-30(23-33(32)50-4)47-21-19-46(3)20-22-47/h7,9-10,13-18,23-24H,5-6,8,11-12,19-22,25H2,1-4H3,(H,43,49)(H,41,42,44). The van der Waals surface area contributed by atoms with Crippen LogP contribution in [0.2, 0.25) is 0 Å². The van der Waals surface area contributed by atoms with Gasteiger partial charge < -0.3 is 25.2 Å². The van der Waals surface area contributed by atoms with Gasteiger partial charge in [-0.05, 0) is 85.7 Å². The predicted molar refractivity (Wildman–Crippen MR) is 198 cm³/mol. The van der Waals surface area contributed by atoms with Crippen LogP contribution in [0.25, 0.3) is 11.4 Å². The number of aryl methyl sites for hydroxylation is 3. The van der Waals surface area contributed by atoms with E-state index in [1.165, 1.54) is 0 Å². The van der Waals surface area contributed by atoms with Crippen LogP contribution < -0.4 is 20.3 Å². The number of likely N-dealkylation sites (N-methyl/N-ethyl adjacent to an activating group) is 1. The van der Waals surface area contributed by atoms with Crippen molar-refractivity contribution in [3.05, 3.63) is 101 Å². The third-order valence-electron chi connectivity index (χ3n) is 9.85. The Balaban J connectivity index is 1.26. The van der Waals surface area contributed by atoms with Gasteiger partial charge in [-0.15, -0.1) is 0 Å². The first-order valence-corrected chi connectivity index (χ1v) is 17.6. The van der Waals surface area contributed by atoms with E-state index < -0.39 is 0 Å². The summed E-state index contributed by atoms with van der Waals surface area (Å²) in [5.41, 5.74) is 10.1. The lowest BCUT2D eigenvalue weighted by Gasteiger charge is -2.34. The van der Waals surface area contributed by atoms with Gasteiger partial charge in [0.25, 0.3) is 5.91 Å². The number of piperazine rings is 1. The highest BCUT2D eigenvalue weighted by molar-refractivity contribution is 6.05. The third kappa shape index (κ3) is 6.78. The van der Waals surface area contributed by atoms with E-state index >= 15 is 0 Å². The Morgan fingerprint density at radius 2 is 1.72 bits per heavy atom. The SMILES string of the molecule is CCc1cccc(CC)c1NC(=O)c1nn(Cc2ccncc2)c2c1CCCc1cnc(Nc3ccc(N4CCN(C)CC4)cc3OC)nc1-2. The lowest BCUT2D eigenvalue weighted by molar-refractivity contribution is 0.102. The summed E-state index contributed by atoms with van der Waals surface area (Å²) in [4.78, 5) is 33.0. The van der Waals surface area contributed by atoms with Gasteiger partial charge in [0.2, 0.25) is 5.95 Å². The van der Waals surface area contributed by atoms with Crippen molar-refractivity contribution in [1.29, 1.82) is 0 Å². The summed E-state index contributed by atoms with van der Waals surface area (Å²) in [6.45, 7) is 8.69. The molecule has 11 nitrogen and oxygen atoms in total. The highest BCUT2D eigenvalue weighted by atomic mass is 16.5. The van der Waals surface area contributed by atoms with E-state index in [1.807, 2.05) is 29.1 Å². The minimum absolute atomic E-state index is 0.202. The summed E-state index contributed by atoms with van der Waals surface area (Å²) in [5.74, 6) is 0.974. The fourth-order valence-electron chi connectivity index (χ4n) is 7.01. The summed E-state index contributed by atoms with van der Waals surface area (Å²) in [6, 6.07) is 16.4. The van der Waals surface area contributed by atoms with E-state index in [-0.39, 0.29) is 5.91 Å². The fraction of sp³-hybridized carbons (Fsp3) is 0.359. The van der Waals surface area contributed by atoms with E-state index in [4.69, 9.17) is 19.8 Å². The summed E-state index contributed by atoms with van der Waals surface area (Å²) < 4.78 is 7.77. The Labute approximate surface area is 293 Å². The number of hydrogen-bond acceptors (Lipinski definition) is 9. The van der Waals surface area contributed by atoms with Gasteiger partial charge in [0.15, 0.2) is 5.69 Å². The Morgan fingerprint density at radius 3 is 2.44 bits per heavy atom. The van der Waals surface area contributed by atoms with Crippen molar-refractivity contribution in [3.63, 3.8) is 0 Å². The first-order valence-electron chi connectivity index (χ1n) is 17.6. The molecular weight excluding hydrogens is 626 g/mol. The van der Waals surface area contributed by atoms with Gasteiger partial charge in [-0.2, -0.15) is 5.10 Å². The molecule has 1 saturated heterocycles. The normalized spacial score (nSPS) is 14.4. The lowest BCUT2D eigenvalue weighted by Crippen LogP contribution is -2.44. The van der Waals surface area contributed by atoms with Gasteiger partial charge in [0.05, 0.1) is 30.7 Å². The maximum Gasteiger partial charge on any atom is 0.276 e. The van der Waals surface area contributed by atoms with Crippen molar-refractivity contribution in [2.45, 2.75) is 52.5 Å². The van der Waals surface area contributed by atoms with Crippen LogP contribution in [0, 0.1) is 0 Å². The predicted octanol–water partition coefficient (Wildman–Crippen LogP) is 6.15. The molecule has 1 fully saturated rings. The molecule has 1 aliphatic carbocycles. The zero-order valence-electron chi connectivity index (χ0n) is 29.4. The number of para-hydroxylation sites is 1. The number of rotatable bonds is 10. The molecule has 0 bridgehead atoms. The van der Waals surface area contributed by atoms with E-state index in [2.05, 4.69) is 76.6 Å². The Hall–Kier alpha value is -5.29. The number of nitrogens with one attached hydrogen (secondary N) is 2. The molecular formula is C39H45N9O2. The number of carbonyl (C=O) groups excluding carboxylic acids is 1.